The number of phenols is 2. The van der Waals surface area contributed by atoms with E-state index < -0.39 is 0 Å². The Kier molecular flexibility index (Phi) is 3.42. The van der Waals surface area contributed by atoms with E-state index in [1.165, 1.54) is 23.0 Å². The van der Waals surface area contributed by atoms with Gasteiger partial charge in [0.05, 0.1) is 6.21 Å². The third-order valence-corrected chi connectivity index (χ3v) is 2.62. The number of nitrogens with one attached hydrogen (secondary N) is 1. The fraction of sp³-hybridized carbons (Fsp3) is 0.182. The summed E-state index contributed by atoms with van der Waals surface area (Å²) in [6.07, 6.45) is 2.14. The predicted octanol–water partition coefficient (Wildman–Crippen LogP) is 1.80. The van der Waals surface area contributed by atoms with Crippen LogP contribution < -0.4 is 0 Å². The molecule has 0 aliphatic rings. The Morgan fingerprint density at radius 1 is 1.50 bits per heavy atom. The van der Waals surface area contributed by atoms with Crippen molar-refractivity contribution in [3.63, 3.8) is 0 Å². The second-order valence-corrected chi connectivity index (χ2v) is 3.98. The number of H-pyrrole nitrogens is 1. The second-order valence-electron chi connectivity index (χ2n) is 3.60. The molecule has 6 nitrogen and oxygen atoms in total. The molecule has 0 saturated heterocycles. The van der Waals surface area contributed by atoms with E-state index in [9.17, 15) is 10.2 Å². The van der Waals surface area contributed by atoms with Crippen LogP contribution in [0.15, 0.2) is 23.3 Å². The van der Waals surface area contributed by atoms with Crippen molar-refractivity contribution < 1.29 is 10.2 Å². The van der Waals surface area contributed by atoms with Crippen molar-refractivity contribution in [2.45, 2.75) is 13.3 Å². The van der Waals surface area contributed by atoms with Gasteiger partial charge in [-0.2, -0.15) is 14.9 Å². The van der Waals surface area contributed by atoms with Crippen LogP contribution in [-0.4, -0.2) is 31.3 Å². The summed E-state index contributed by atoms with van der Waals surface area (Å²) >= 11 is 5.04. The molecule has 0 unspecified atom stereocenters. The number of hydrogen-bond donors (Lipinski definition) is 3. The van der Waals surface area contributed by atoms with Gasteiger partial charge >= 0.3 is 0 Å². The molecular weight excluding hydrogens is 252 g/mol. The van der Waals surface area contributed by atoms with Crippen molar-refractivity contribution in [1.82, 2.24) is 14.9 Å². The van der Waals surface area contributed by atoms with Crippen LogP contribution in [0.1, 0.15) is 18.3 Å². The lowest BCUT2D eigenvalue weighted by Crippen LogP contribution is -1.97. The molecule has 0 aliphatic carbocycles. The third-order valence-electron chi connectivity index (χ3n) is 2.36. The van der Waals surface area contributed by atoms with Gasteiger partial charge in [-0.25, -0.2) is 0 Å². The number of aromatic nitrogens is 3. The molecule has 7 heteroatoms. The Labute approximate surface area is 108 Å². The van der Waals surface area contributed by atoms with Crippen molar-refractivity contribution in [3.8, 4) is 11.5 Å². The van der Waals surface area contributed by atoms with Crippen LogP contribution in [0.3, 0.4) is 0 Å². The molecule has 2 rings (SSSR count). The molecule has 0 saturated carbocycles. The first-order valence-electron chi connectivity index (χ1n) is 5.34. The SMILES string of the molecule is CCc1n[nH]c(=S)n1/N=C/c1ccc(O)cc1O. The average Bonchev–Trinajstić information content (AvgIpc) is 2.69. The van der Waals surface area contributed by atoms with Gasteiger partial charge < -0.3 is 10.2 Å². The zero-order chi connectivity index (χ0) is 13.1. The highest BCUT2D eigenvalue weighted by atomic mass is 32.1. The van der Waals surface area contributed by atoms with Gasteiger partial charge in [-0.1, -0.05) is 6.92 Å². The fourth-order valence-electron chi connectivity index (χ4n) is 1.43. The molecule has 2 aromatic rings. The summed E-state index contributed by atoms with van der Waals surface area (Å²) in [6, 6.07) is 4.27. The van der Waals surface area contributed by atoms with E-state index in [1.54, 1.807) is 6.07 Å². The Hall–Kier alpha value is -2.15. The molecule has 0 atom stereocenters. The maximum atomic E-state index is 9.61. The van der Waals surface area contributed by atoms with Gasteiger partial charge in [-0.05, 0) is 24.4 Å². The Morgan fingerprint density at radius 2 is 2.28 bits per heavy atom. The lowest BCUT2D eigenvalue weighted by Gasteiger charge is -2.00. The van der Waals surface area contributed by atoms with Crippen LogP contribution in [0.4, 0.5) is 0 Å². The van der Waals surface area contributed by atoms with E-state index in [0.29, 0.717) is 22.6 Å². The molecule has 1 heterocycles. The van der Waals surface area contributed by atoms with Crippen LogP contribution in [0.5, 0.6) is 11.5 Å². The summed E-state index contributed by atoms with van der Waals surface area (Å²) in [7, 11) is 0. The maximum absolute atomic E-state index is 9.61. The average molecular weight is 264 g/mol. The summed E-state index contributed by atoms with van der Waals surface area (Å²) in [4.78, 5) is 0. The first kappa shape index (κ1) is 12.3. The molecule has 18 heavy (non-hydrogen) atoms. The van der Waals surface area contributed by atoms with Crippen molar-refractivity contribution >= 4 is 18.4 Å². The predicted molar refractivity (Wildman–Crippen MR) is 69.6 cm³/mol. The highest BCUT2D eigenvalue weighted by Crippen LogP contribution is 2.20. The second kappa shape index (κ2) is 5.01. The van der Waals surface area contributed by atoms with Crippen LogP contribution in [0.25, 0.3) is 0 Å². The van der Waals surface area contributed by atoms with Gasteiger partial charge in [-0.3, -0.25) is 5.10 Å². The number of aryl methyl sites for hydroxylation is 1. The number of nitrogens with zero attached hydrogens (tertiary/aromatic N) is 3. The van der Waals surface area contributed by atoms with Crippen LogP contribution in [0, 0.1) is 4.77 Å². The maximum Gasteiger partial charge on any atom is 0.216 e. The first-order valence-corrected chi connectivity index (χ1v) is 5.75. The van der Waals surface area contributed by atoms with E-state index in [-0.39, 0.29) is 11.5 Å². The van der Waals surface area contributed by atoms with E-state index in [4.69, 9.17) is 12.2 Å². The number of hydrogen-bond acceptors (Lipinski definition) is 5. The molecule has 3 N–H and O–H groups in total. The summed E-state index contributed by atoms with van der Waals surface area (Å²) in [5.41, 5.74) is 0.484. The molecule has 0 fully saturated rings. The molecule has 0 bridgehead atoms. The van der Waals surface area contributed by atoms with E-state index in [2.05, 4.69) is 15.3 Å². The fourth-order valence-corrected chi connectivity index (χ4v) is 1.63. The van der Waals surface area contributed by atoms with Crippen LogP contribution in [-0.2, 0) is 6.42 Å². The minimum Gasteiger partial charge on any atom is -0.508 e. The zero-order valence-corrected chi connectivity index (χ0v) is 10.5. The molecule has 0 radical (unpaired) electrons. The van der Waals surface area contributed by atoms with Gasteiger partial charge in [0.15, 0.2) is 5.82 Å². The Balaban J connectivity index is 2.35. The number of rotatable bonds is 3. The lowest BCUT2D eigenvalue weighted by molar-refractivity contribution is 0.450. The largest absolute Gasteiger partial charge is 0.508 e. The molecular formula is C11H12N4O2S. The molecule has 94 valence electrons. The topological polar surface area (TPSA) is 86.4 Å². The Bertz CT molecular complexity index is 645. The van der Waals surface area contributed by atoms with Crippen molar-refractivity contribution in [1.29, 1.82) is 0 Å². The minimum absolute atomic E-state index is 0.00109. The normalized spacial score (nSPS) is 11.2. The summed E-state index contributed by atoms with van der Waals surface area (Å²) in [5.74, 6) is 0.653. The number of aromatic hydroxyl groups is 2. The zero-order valence-electron chi connectivity index (χ0n) is 9.66. The molecule has 0 spiro atoms. The monoisotopic (exact) mass is 264 g/mol. The molecule has 0 aliphatic heterocycles. The molecule has 1 aromatic carbocycles. The highest BCUT2D eigenvalue weighted by Gasteiger charge is 2.03. The smallest absolute Gasteiger partial charge is 0.216 e. The number of phenolic OH excluding ortho intramolecular Hbond substituents is 2. The number of aromatic amines is 1. The number of benzene rings is 1. The quantitative estimate of drug-likeness (QED) is 0.582. The minimum atomic E-state index is -0.0492. The van der Waals surface area contributed by atoms with Crippen molar-refractivity contribution in [2.75, 3.05) is 0 Å². The van der Waals surface area contributed by atoms with Crippen LogP contribution >= 0.6 is 12.2 Å². The van der Waals surface area contributed by atoms with Gasteiger partial charge in [-0.15, -0.1) is 0 Å². The lowest BCUT2D eigenvalue weighted by atomic mass is 10.2. The highest BCUT2D eigenvalue weighted by molar-refractivity contribution is 7.71. The molecule has 1 aromatic heterocycles. The van der Waals surface area contributed by atoms with Crippen molar-refractivity contribution in [2.24, 2.45) is 5.10 Å². The van der Waals surface area contributed by atoms with Crippen molar-refractivity contribution in [3.05, 3.63) is 34.4 Å². The van der Waals surface area contributed by atoms with Crippen LogP contribution in [0.2, 0.25) is 0 Å². The third kappa shape index (κ3) is 2.40. The van der Waals surface area contributed by atoms with Gasteiger partial charge in [0, 0.05) is 18.1 Å². The van der Waals surface area contributed by atoms with Gasteiger partial charge in [0.2, 0.25) is 4.77 Å². The van der Waals surface area contributed by atoms with Gasteiger partial charge in [0.1, 0.15) is 11.5 Å². The molecule has 0 amide bonds. The van der Waals surface area contributed by atoms with E-state index in [1.807, 2.05) is 6.92 Å². The van der Waals surface area contributed by atoms with Gasteiger partial charge in [0.25, 0.3) is 0 Å². The summed E-state index contributed by atoms with van der Waals surface area (Å²) in [6.45, 7) is 1.94. The Morgan fingerprint density at radius 3 is 2.94 bits per heavy atom. The summed E-state index contributed by atoms with van der Waals surface area (Å²) in [5, 5.41) is 29.6. The summed E-state index contributed by atoms with van der Waals surface area (Å²) < 4.78 is 1.88. The first-order chi connectivity index (χ1) is 8.61. The van der Waals surface area contributed by atoms with E-state index >= 15 is 0 Å². The standard InChI is InChI=1S/C11H12N4O2S/c1-2-10-13-14-11(18)15(10)12-6-7-3-4-8(16)5-9(7)17/h3-6,16-17H,2H2,1H3,(H,14,18)/b12-6+. The van der Waals surface area contributed by atoms with E-state index in [0.717, 1.165) is 0 Å².